The van der Waals surface area contributed by atoms with Crippen LogP contribution >= 0.6 is 0 Å². The van der Waals surface area contributed by atoms with E-state index in [1.807, 2.05) is 37.3 Å². The highest BCUT2D eigenvalue weighted by molar-refractivity contribution is 7.85. The number of benzene rings is 1. The van der Waals surface area contributed by atoms with Crippen molar-refractivity contribution in [2.45, 2.75) is 55.3 Å². The Bertz CT molecular complexity index is 530. The Morgan fingerprint density at radius 2 is 2.05 bits per heavy atom. The number of fused-ring (bicyclic) bond motifs is 2. The second-order valence-corrected chi connectivity index (χ2v) is 8.06. The summed E-state index contributed by atoms with van der Waals surface area (Å²) < 4.78 is 12.5. The van der Waals surface area contributed by atoms with E-state index in [-0.39, 0.29) is 12.0 Å². The van der Waals surface area contributed by atoms with E-state index >= 15 is 0 Å². The van der Waals surface area contributed by atoms with Crippen LogP contribution in [0.1, 0.15) is 33.1 Å². The molecular weight excluding hydrogens is 288 g/mol. The molecule has 2 aliphatic rings. The first-order chi connectivity index (χ1) is 9.91. The van der Waals surface area contributed by atoms with E-state index in [9.17, 15) is 9.32 Å². The minimum absolute atomic E-state index is 0.268. The van der Waals surface area contributed by atoms with Gasteiger partial charge in [-0.2, -0.15) is 0 Å². The van der Waals surface area contributed by atoms with Gasteiger partial charge in [-0.25, -0.2) is 9.78 Å². The van der Waals surface area contributed by atoms with E-state index in [0.29, 0.717) is 12.2 Å². The van der Waals surface area contributed by atoms with Crippen molar-refractivity contribution in [1.29, 1.82) is 0 Å². The van der Waals surface area contributed by atoms with Gasteiger partial charge in [-0.15, -0.1) is 0 Å². The lowest BCUT2D eigenvalue weighted by Crippen LogP contribution is -2.58. The molecule has 116 valence electrons. The zero-order valence-electron chi connectivity index (χ0n) is 12.5. The SMILES string of the molecule is C[C@]1(C[S@](=O)c2ccccc2)OO[C@@H]2C[C@H]1CC[C@@]2(C)O. The molecule has 2 bridgehead atoms. The van der Waals surface area contributed by atoms with Crippen LogP contribution in [0, 0.1) is 5.92 Å². The maximum Gasteiger partial charge on any atom is 0.122 e. The molecule has 1 aromatic rings. The van der Waals surface area contributed by atoms with Gasteiger partial charge in [0.05, 0.1) is 22.2 Å². The summed E-state index contributed by atoms with van der Waals surface area (Å²) in [4.78, 5) is 11.9. The van der Waals surface area contributed by atoms with Crippen molar-refractivity contribution in [3.8, 4) is 0 Å². The van der Waals surface area contributed by atoms with Gasteiger partial charge in [-0.05, 0) is 51.2 Å². The van der Waals surface area contributed by atoms with Crippen LogP contribution in [-0.4, -0.2) is 32.4 Å². The summed E-state index contributed by atoms with van der Waals surface area (Å²) in [6, 6.07) is 9.44. The monoisotopic (exact) mass is 310 g/mol. The first-order valence-electron chi connectivity index (χ1n) is 7.41. The van der Waals surface area contributed by atoms with Crippen LogP contribution in [0.5, 0.6) is 0 Å². The zero-order chi connectivity index (χ0) is 15.1. The van der Waals surface area contributed by atoms with Crippen LogP contribution in [0.3, 0.4) is 0 Å². The molecule has 2 fully saturated rings. The minimum atomic E-state index is -1.12. The summed E-state index contributed by atoms with van der Waals surface area (Å²) in [6.07, 6.45) is 2.04. The molecule has 0 aromatic heterocycles. The van der Waals surface area contributed by atoms with Gasteiger partial charge < -0.3 is 5.11 Å². The molecule has 1 heterocycles. The topological polar surface area (TPSA) is 55.8 Å². The maximum atomic E-state index is 12.5. The molecule has 0 amide bonds. The second kappa shape index (κ2) is 5.47. The van der Waals surface area contributed by atoms with Crippen LogP contribution < -0.4 is 0 Å². The molecule has 1 saturated carbocycles. The Kier molecular flexibility index (Phi) is 3.94. The fourth-order valence-electron chi connectivity index (χ4n) is 3.25. The number of hydrogen-bond acceptors (Lipinski definition) is 4. The van der Waals surface area contributed by atoms with Gasteiger partial charge >= 0.3 is 0 Å². The first kappa shape index (κ1) is 15.2. The highest BCUT2D eigenvalue weighted by Gasteiger charge is 2.52. The molecule has 21 heavy (non-hydrogen) atoms. The van der Waals surface area contributed by atoms with Gasteiger partial charge in [0.1, 0.15) is 11.7 Å². The van der Waals surface area contributed by atoms with E-state index in [1.165, 1.54) is 0 Å². The second-order valence-electron chi connectivity index (χ2n) is 6.61. The van der Waals surface area contributed by atoms with E-state index in [4.69, 9.17) is 9.78 Å². The molecule has 4 nitrogen and oxygen atoms in total. The van der Waals surface area contributed by atoms with Crippen LogP contribution in [0.2, 0.25) is 0 Å². The zero-order valence-corrected chi connectivity index (χ0v) is 13.3. The third-order valence-electron chi connectivity index (χ3n) is 4.83. The number of aliphatic hydroxyl groups is 1. The number of hydrogen-bond donors (Lipinski definition) is 1. The first-order valence-corrected chi connectivity index (χ1v) is 8.73. The quantitative estimate of drug-likeness (QED) is 0.871. The van der Waals surface area contributed by atoms with E-state index in [2.05, 4.69) is 0 Å². The Hall–Kier alpha value is -0.750. The molecule has 1 N–H and O–H groups in total. The third kappa shape index (κ3) is 2.93. The smallest absolute Gasteiger partial charge is 0.122 e. The normalized spacial score (nSPS) is 40.7. The summed E-state index contributed by atoms with van der Waals surface area (Å²) >= 11 is 0. The lowest BCUT2D eigenvalue weighted by molar-refractivity contribution is -0.441. The third-order valence-corrected chi connectivity index (χ3v) is 6.47. The standard InChI is InChI=1S/C16H22O4S/c1-15(17)9-8-12-10-14(15)19-20-16(12,2)11-21(18)13-6-4-3-5-7-13/h3-7,12,14,17H,8-11H2,1-2H3/t12-,14-,15-,16-,21+/m1/s1. The molecule has 5 heteroatoms. The summed E-state index contributed by atoms with van der Waals surface area (Å²) in [5, 5.41) is 10.3. The van der Waals surface area contributed by atoms with Crippen molar-refractivity contribution in [1.82, 2.24) is 0 Å². The predicted molar refractivity (Wildman–Crippen MR) is 80.0 cm³/mol. The molecule has 1 saturated heterocycles. The maximum absolute atomic E-state index is 12.5. The van der Waals surface area contributed by atoms with Crippen molar-refractivity contribution in [3.63, 3.8) is 0 Å². The van der Waals surface area contributed by atoms with Gasteiger partial charge in [0.25, 0.3) is 0 Å². The minimum Gasteiger partial charge on any atom is -0.387 e. The summed E-state index contributed by atoms with van der Waals surface area (Å²) in [5.74, 6) is 0.681. The van der Waals surface area contributed by atoms with E-state index in [1.54, 1.807) is 6.92 Å². The summed E-state index contributed by atoms with van der Waals surface area (Å²) in [6.45, 7) is 3.76. The lowest BCUT2D eigenvalue weighted by Gasteiger charge is -2.50. The molecule has 1 aliphatic carbocycles. The Morgan fingerprint density at radius 3 is 2.76 bits per heavy atom. The fraction of sp³-hybridized carbons (Fsp3) is 0.625. The molecule has 3 rings (SSSR count). The van der Waals surface area contributed by atoms with Crippen LogP contribution in [0.15, 0.2) is 35.2 Å². The highest BCUT2D eigenvalue weighted by atomic mass is 32.2. The van der Waals surface area contributed by atoms with Crippen molar-refractivity contribution < 1.29 is 19.1 Å². The van der Waals surface area contributed by atoms with Crippen molar-refractivity contribution in [2.24, 2.45) is 5.92 Å². The lowest BCUT2D eigenvalue weighted by atomic mass is 9.71. The molecule has 1 aliphatic heterocycles. The molecule has 0 spiro atoms. The van der Waals surface area contributed by atoms with Crippen LogP contribution in [0.4, 0.5) is 0 Å². The molecular formula is C16H22O4S. The summed E-state index contributed by atoms with van der Waals surface area (Å²) in [7, 11) is -1.12. The fourth-order valence-corrected chi connectivity index (χ4v) is 4.68. The Balaban J connectivity index is 1.73. The Labute approximate surface area is 127 Å². The predicted octanol–water partition coefficient (Wildman–Crippen LogP) is 2.43. The Morgan fingerprint density at radius 1 is 1.33 bits per heavy atom. The van der Waals surface area contributed by atoms with Gasteiger partial charge in [-0.3, -0.25) is 4.21 Å². The average molecular weight is 310 g/mol. The van der Waals surface area contributed by atoms with Gasteiger partial charge in [0.2, 0.25) is 0 Å². The van der Waals surface area contributed by atoms with Gasteiger partial charge in [-0.1, -0.05) is 18.2 Å². The van der Waals surface area contributed by atoms with E-state index in [0.717, 1.165) is 17.7 Å². The van der Waals surface area contributed by atoms with Crippen molar-refractivity contribution in [2.75, 3.05) is 5.75 Å². The summed E-state index contributed by atoms with van der Waals surface area (Å²) in [5.41, 5.74) is -1.38. The van der Waals surface area contributed by atoms with Crippen molar-refractivity contribution >= 4 is 10.8 Å². The highest BCUT2D eigenvalue weighted by Crippen LogP contribution is 2.45. The molecule has 0 unspecified atom stereocenters. The van der Waals surface area contributed by atoms with Gasteiger partial charge in [0.15, 0.2) is 0 Å². The van der Waals surface area contributed by atoms with Gasteiger partial charge in [0, 0.05) is 4.90 Å². The molecule has 0 radical (unpaired) electrons. The van der Waals surface area contributed by atoms with Crippen LogP contribution in [-0.2, 0) is 20.6 Å². The van der Waals surface area contributed by atoms with E-state index < -0.39 is 22.0 Å². The molecule has 1 aromatic carbocycles. The average Bonchev–Trinajstić information content (AvgIpc) is 2.46. The largest absolute Gasteiger partial charge is 0.387 e. The number of rotatable bonds is 3. The van der Waals surface area contributed by atoms with Crippen molar-refractivity contribution in [3.05, 3.63) is 30.3 Å². The van der Waals surface area contributed by atoms with Crippen LogP contribution in [0.25, 0.3) is 0 Å². The molecule has 5 atom stereocenters.